The van der Waals surface area contributed by atoms with Gasteiger partial charge in [0.15, 0.2) is 0 Å². The first-order valence-corrected chi connectivity index (χ1v) is 3.60. The van der Waals surface area contributed by atoms with Crippen LogP contribution in [0.1, 0.15) is 27.2 Å². The molecule has 0 amide bonds. The van der Waals surface area contributed by atoms with E-state index in [4.69, 9.17) is 11.1 Å². The molecule has 0 saturated carbocycles. The van der Waals surface area contributed by atoms with E-state index in [1.807, 2.05) is 6.92 Å². The highest BCUT2D eigenvalue weighted by Gasteiger charge is 2.01. The largest absolute Gasteiger partial charge is 0.402 e. The van der Waals surface area contributed by atoms with Crippen LogP contribution in [-0.4, -0.2) is 5.71 Å². The predicted octanol–water partition coefficient (Wildman–Crippen LogP) is 1.91. The first-order valence-electron chi connectivity index (χ1n) is 3.60. The van der Waals surface area contributed by atoms with Gasteiger partial charge in [0.25, 0.3) is 0 Å². The molecule has 0 aliphatic carbocycles. The maximum atomic E-state index is 7.47. The third-order valence-corrected chi connectivity index (χ3v) is 1.53. The number of rotatable bonds is 3. The van der Waals surface area contributed by atoms with Crippen LogP contribution in [0.3, 0.4) is 0 Å². The molecule has 0 spiro atoms. The second-order valence-corrected chi connectivity index (χ2v) is 2.65. The van der Waals surface area contributed by atoms with Gasteiger partial charge in [-0.2, -0.15) is 0 Å². The van der Waals surface area contributed by atoms with E-state index in [-0.39, 0.29) is 0 Å². The van der Waals surface area contributed by atoms with E-state index < -0.39 is 0 Å². The Bertz CT molecular complexity index is 143. The van der Waals surface area contributed by atoms with Crippen molar-refractivity contribution in [2.45, 2.75) is 27.2 Å². The van der Waals surface area contributed by atoms with E-state index in [1.165, 1.54) is 0 Å². The van der Waals surface area contributed by atoms with Crippen molar-refractivity contribution in [2.24, 2.45) is 11.7 Å². The first kappa shape index (κ1) is 9.21. The summed E-state index contributed by atoms with van der Waals surface area (Å²) < 4.78 is 0. The summed E-state index contributed by atoms with van der Waals surface area (Å²) in [6, 6.07) is 0. The van der Waals surface area contributed by atoms with Crippen LogP contribution < -0.4 is 5.73 Å². The topological polar surface area (TPSA) is 49.9 Å². The van der Waals surface area contributed by atoms with Gasteiger partial charge in [0.05, 0.1) is 0 Å². The van der Waals surface area contributed by atoms with Crippen LogP contribution in [0.15, 0.2) is 11.8 Å². The summed E-state index contributed by atoms with van der Waals surface area (Å²) in [6.45, 7) is 5.90. The Morgan fingerprint density at radius 2 is 2.20 bits per heavy atom. The Morgan fingerprint density at radius 1 is 1.70 bits per heavy atom. The van der Waals surface area contributed by atoms with Gasteiger partial charge in [-0.1, -0.05) is 13.8 Å². The third-order valence-electron chi connectivity index (χ3n) is 1.53. The van der Waals surface area contributed by atoms with Gasteiger partial charge >= 0.3 is 0 Å². The predicted molar refractivity (Wildman–Crippen MR) is 45.1 cm³/mol. The van der Waals surface area contributed by atoms with Gasteiger partial charge in [0.1, 0.15) is 0 Å². The Labute approximate surface area is 62.6 Å². The van der Waals surface area contributed by atoms with Crippen LogP contribution in [0.2, 0.25) is 0 Å². The molecule has 0 aromatic heterocycles. The van der Waals surface area contributed by atoms with Crippen molar-refractivity contribution in [1.29, 1.82) is 5.41 Å². The van der Waals surface area contributed by atoms with Gasteiger partial charge in [0, 0.05) is 11.4 Å². The highest BCUT2D eigenvalue weighted by molar-refractivity contribution is 5.94. The van der Waals surface area contributed by atoms with Crippen LogP contribution in [0.4, 0.5) is 0 Å². The molecule has 0 saturated heterocycles. The zero-order chi connectivity index (χ0) is 8.15. The van der Waals surface area contributed by atoms with E-state index in [9.17, 15) is 0 Å². The Hall–Kier alpha value is -0.790. The van der Waals surface area contributed by atoms with Crippen molar-refractivity contribution in [3.63, 3.8) is 0 Å². The lowest BCUT2D eigenvalue weighted by Gasteiger charge is -2.05. The molecule has 2 nitrogen and oxygen atoms in total. The number of hydrogen-bond donors (Lipinski definition) is 2. The summed E-state index contributed by atoms with van der Waals surface area (Å²) in [4.78, 5) is 0. The van der Waals surface area contributed by atoms with E-state index in [0.29, 0.717) is 17.3 Å². The number of nitrogens with two attached hydrogens (primary N) is 1. The molecule has 3 N–H and O–H groups in total. The molecule has 0 aliphatic rings. The Balaban J connectivity index is 3.97. The summed E-state index contributed by atoms with van der Waals surface area (Å²) in [5, 5.41) is 7.47. The normalized spacial score (nSPS) is 14.9. The highest BCUT2D eigenvalue weighted by Crippen LogP contribution is 2.03. The third kappa shape index (κ3) is 3.28. The number of allylic oxidation sites excluding steroid dienone is 2. The van der Waals surface area contributed by atoms with Gasteiger partial charge in [-0.3, -0.25) is 0 Å². The number of hydrogen-bond acceptors (Lipinski definition) is 2. The van der Waals surface area contributed by atoms with Crippen molar-refractivity contribution in [3.8, 4) is 0 Å². The fourth-order valence-electron chi connectivity index (χ4n) is 0.607. The molecule has 1 atom stereocenters. The smallest absolute Gasteiger partial charge is 0.0358 e. The maximum Gasteiger partial charge on any atom is 0.0358 e. The lowest BCUT2D eigenvalue weighted by atomic mass is 10.0. The van der Waals surface area contributed by atoms with Crippen molar-refractivity contribution in [1.82, 2.24) is 0 Å². The zero-order valence-electron chi connectivity index (χ0n) is 6.94. The molecule has 0 aromatic carbocycles. The maximum absolute atomic E-state index is 7.47. The molecule has 58 valence electrons. The summed E-state index contributed by atoms with van der Waals surface area (Å²) >= 11 is 0. The van der Waals surface area contributed by atoms with E-state index in [1.54, 1.807) is 13.0 Å². The van der Waals surface area contributed by atoms with Crippen LogP contribution in [0.5, 0.6) is 0 Å². The van der Waals surface area contributed by atoms with E-state index in [0.717, 1.165) is 6.42 Å². The minimum Gasteiger partial charge on any atom is -0.402 e. The van der Waals surface area contributed by atoms with E-state index >= 15 is 0 Å². The zero-order valence-corrected chi connectivity index (χ0v) is 6.94. The summed E-state index contributed by atoms with van der Waals surface area (Å²) in [5.74, 6) is 0.332. The van der Waals surface area contributed by atoms with Gasteiger partial charge < -0.3 is 11.1 Å². The molecule has 2 heteroatoms. The summed E-state index contributed by atoms with van der Waals surface area (Å²) in [7, 11) is 0. The van der Waals surface area contributed by atoms with Crippen molar-refractivity contribution >= 4 is 5.71 Å². The molecule has 10 heavy (non-hydrogen) atoms. The molecular formula is C8H16N2. The van der Waals surface area contributed by atoms with Crippen LogP contribution in [0.25, 0.3) is 0 Å². The Morgan fingerprint density at radius 3 is 2.50 bits per heavy atom. The second kappa shape index (κ2) is 4.09. The minimum atomic E-state index is 0.332. The average molecular weight is 140 g/mol. The van der Waals surface area contributed by atoms with Crippen LogP contribution >= 0.6 is 0 Å². The lowest BCUT2D eigenvalue weighted by molar-refractivity contribution is 0.738. The molecule has 1 unspecified atom stereocenters. The van der Waals surface area contributed by atoms with Gasteiger partial charge in [0.2, 0.25) is 0 Å². The molecule has 0 rings (SSSR count). The highest BCUT2D eigenvalue weighted by atomic mass is 14.6. The van der Waals surface area contributed by atoms with Gasteiger partial charge in [-0.05, 0) is 25.3 Å². The van der Waals surface area contributed by atoms with Crippen molar-refractivity contribution in [2.75, 3.05) is 0 Å². The molecule has 0 radical (unpaired) electrons. The lowest BCUT2D eigenvalue weighted by Crippen LogP contribution is -2.07. The van der Waals surface area contributed by atoms with Gasteiger partial charge in [-0.25, -0.2) is 0 Å². The molecule has 0 aromatic rings. The van der Waals surface area contributed by atoms with Crippen molar-refractivity contribution in [3.05, 3.63) is 11.8 Å². The summed E-state index contributed by atoms with van der Waals surface area (Å²) in [6.07, 6.45) is 2.72. The van der Waals surface area contributed by atoms with Crippen molar-refractivity contribution < 1.29 is 0 Å². The Kier molecular flexibility index (Phi) is 3.77. The fraction of sp³-hybridized carbons (Fsp3) is 0.625. The molecule has 0 fully saturated rings. The van der Waals surface area contributed by atoms with E-state index in [2.05, 4.69) is 6.92 Å². The molecular weight excluding hydrogens is 124 g/mol. The molecule has 0 heterocycles. The fourth-order valence-corrected chi connectivity index (χ4v) is 0.607. The molecule has 0 bridgehead atoms. The van der Waals surface area contributed by atoms with Crippen LogP contribution in [-0.2, 0) is 0 Å². The average Bonchev–Trinajstić information content (AvgIpc) is 1.85. The van der Waals surface area contributed by atoms with Crippen LogP contribution in [0, 0.1) is 11.3 Å². The SMILES string of the molecule is CCC(C)C(=N)C=C(C)N. The molecule has 0 aliphatic heterocycles. The number of nitrogens with one attached hydrogen (secondary N) is 1. The standard InChI is InChI=1S/C8H16N2/c1-4-6(2)8(10)5-7(3)9/h5-6,10H,4,9H2,1-3H3. The minimum absolute atomic E-state index is 0.332. The quantitative estimate of drug-likeness (QED) is 0.578. The van der Waals surface area contributed by atoms with Gasteiger partial charge in [-0.15, -0.1) is 0 Å². The second-order valence-electron chi connectivity index (χ2n) is 2.65. The summed E-state index contributed by atoms with van der Waals surface area (Å²) in [5.41, 5.74) is 6.75. The first-order chi connectivity index (χ1) is 4.57. The monoisotopic (exact) mass is 140 g/mol.